The van der Waals surface area contributed by atoms with Gasteiger partial charge < -0.3 is 15.2 Å². The highest BCUT2D eigenvalue weighted by atomic mass is 16.6. The smallest absolute Gasteiger partial charge is 0.332 e. The molecule has 1 atom stereocenters. The van der Waals surface area contributed by atoms with Crippen LogP contribution in [-0.4, -0.2) is 36.7 Å². The molecule has 0 saturated carbocycles. The van der Waals surface area contributed by atoms with Crippen molar-refractivity contribution < 1.29 is 19.4 Å². The summed E-state index contributed by atoms with van der Waals surface area (Å²) in [6, 6.07) is 0. The zero-order chi connectivity index (χ0) is 9.56. The van der Waals surface area contributed by atoms with E-state index in [-0.39, 0.29) is 12.3 Å². The van der Waals surface area contributed by atoms with Crippen LogP contribution >= 0.6 is 0 Å². The van der Waals surface area contributed by atoms with Crippen LogP contribution in [0, 0.1) is 0 Å². The number of carbonyl (C=O) groups excluding carboxylic acids is 2. The van der Waals surface area contributed by atoms with Crippen molar-refractivity contribution in [2.45, 2.75) is 19.4 Å². The van der Waals surface area contributed by atoms with Gasteiger partial charge in [0.05, 0.1) is 6.42 Å². The molecule has 0 rings (SSSR count). The minimum atomic E-state index is -0.716. The summed E-state index contributed by atoms with van der Waals surface area (Å²) in [5.74, 6) is -0.917. The largest absolute Gasteiger partial charge is 0.460 e. The predicted molar refractivity (Wildman–Crippen MR) is 41.3 cm³/mol. The summed E-state index contributed by atoms with van der Waals surface area (Å²) in [6.45, 7) is 0.931. The van der Waals surface area contributed by atoms with Crippen molar-refractivity contribution in [3.05, 3.63) is 0 Å². The van der Waals surface area contributed by atoms with Crippen molar-refractivity contribution in [3.8, 4) is 0 Å². The lowest BCUT2D eigenvalue weighted by atomic mass is 10.3. The van der Waals surface area contributed by atoms with Crippen molar-refractivity contribution in [2.24, 2.45) is 0 Å². The molecule has 0 heterocycles. The van der Waals surface area contributed by atoms with Gasteiger partial charge in [0, 0.05) is 7.05 Å². The molecular weight excluding hydrogens is 162 g/mol. The lowest BCUT2D eigenvalue weighted by Gasteiger charge is -2.10. The summed E-state index contributed by atoms with van der Waals surface area (Å²) in [5, 5.41) is 10.7. The quantitative estimate of drug-likeness (QED) is 0.540. The van der Waals surface area contributed by atoms with Crippen molar-refractivity contribution in [1.29, 1.82) is 0 Å². The average molecular weight is 175 g/mol. The number of carbonyl (C=O) groups is 2. The first-order valence-corrected chi connectivity index (χ1v) is 3.61. The topological polar surface area (TPSA) is 75.6 Å². The third kappa shape index (κ3) is 4.68. The molecule has 0 spiro atoms. The Morgan fingerprint density at radius 3 is 2.58 bits per heavy atom. The van der Waals surface area contributed by atoms with Gasteiger partial charge in [-0.15, -0.1) is 0 Å². The van der Waals surface area contributed by atoms with Gasteiger partial charge in [-0.1, -0.05) is 0 Å². The van der Waals surface area contributed by atoms with Gasteiger partial charge >= 0.3 is 5.97 Å². The number of hydrogen-bond acceptors (Lipinski definition) is 4. The molecule has 0 aliphatic carbocycles. The van der Waals surface area contributed by atoms with Crippen LogP contribution in [0.1, 0.15) is 13.3 Å². The molecule has 2 N–H and O–H groups in total. The molecule has 0 fully saturated rings. The molecule has 0 radical (unpaired) electrons. The molecule has 5 nitrogen and oxygen atoms in total. The van der Waals surface area contributed by atoms with Crippen molar-refractivity contribution >= 4 is 11.9 Å². The lowest BCUT2D eigenvalue weighted by Crippen LogP contribution is -2.26. The van der Waals surface area contributed by atoms with Crippen LogP contribution in [0.3, 0.4) is 0 Å². The Morgan fingerprint density at radius 1 is 1.58 bits per heavy atom. The zero-order valence-corrected chi connectivity index (χ0v) is 7.16. The minimum Gasteiger partial charge on any atom is -0.460 e. The normalized spacial score (nSPS) is 11.9. The predicted octanol–water partition coefficient (Wildman–Crippen LogP) is -0.953. The van der Waals surface area contributed by atoms with E-state index in [1.165, 1.54) is 7.05 Å². The second kappa shape index (κ2) is 5.54. The van der Waals surface area contributed by atoms with E-state index in [0.717, 1.165) is 0 Å². The van der Waals surface area contributed by atoms with E-state index in [9.17, 15) is 9.59 Å². The molecular formula is C7H13NO4. The molecule has 0 bridgehead atoms. The van der Waals surface area contributed by atoms with E-state index >= 15 is 0 Å². The highest BCUT2D eigenvalue weighted by Gasteiger charge is 2.11. The molecule has 12 heavy (non-hydrogen) atoms. The second-order valence-electron chi connectivity index (χ2n) is 2.34. The molecule has 1 unspecified atom stereocenters. The number of ether oxygens (including phenoxy) is 1. The van der Waals surface area contributed by atoms with Gasteiger partial charge in [0.25, 0.3) is 0 Å². The fraction of sp³-hybridized carbons (Fsp3) is 0.714. The average Bonchev–Trinajstić information content (AvgIpc) is 2.03. The highest BCUT2D eigenvalue weighted by molar-refractivity contribution is 5.77. The maximum Gasteiger partial charge on any atom is 0.332 e. The lowest BCUT2D eigenvalue weighted by molar-refractivity contribution is -0.152. The first kappa shape index (κ1) is 10.9. The molecule has 0 aliphatic heterocycles. The molecule has 0 aliphatic rings. The van der Waals surface area contributed by atoms with Gasteiger partial charge in [0.2, 0.25) is 5.91 Å². The van der Waals surface area contributed by atoms with Crippen LogP contribution < -0.4 is 5.32 Å². The Balaban J connectivity index is 3.66. The summed E-state index contributed by atoms with van der Waals surface area (Å²) in [5.41, 5.74) is 0. The molecule has 0 saturated heterocycles. The fourth-order valence-electron chi connectivity index (χ4n) is 0.666. The number of aliphatic hydroxyl groups excluding tert-OH is 1. The van der Waals surface area contributed by atoms with E-state index in [0.29, 0.717) is 0 Å². The fourth-order valence-corrected chi connectivity index (χ4v) is 0.666. The Hall–Kier alpha value is -1.10. The van der Waals surface area contributed by atoms with Crippen molar-refractivity contribution in [1.82, 2.24) is 5.32 Å². The molecule has 1 amide bonds. The molecule has 0 aromatic carbocycles. The third-order valence-corrected chi connectivity index (χ3v) is 1.21. The summed E-state index contributed by atoms with van der Waals surface area (Å²) in [7, 11) is 1.50. The SMILES string of the molecule is CNC(=O)CC(C)OC(=O)CO. The maximum absolute atomic E-state index is 10.7. The van der Waals surface area contributed by atoms with Crippen LogP contribution in [0.25, 0.3) is 0 Å². The highest BCUT2D eigenvalue weighted by Crippen LogP contribution is 1.96. The number of hydrogen-bond donors (Lipinski definition) is 2. The van der Waals surface area contributed by atoms with E-state index in [1.807, 2.05) is 0 Å². The molecule has 0 aromatic rings. The van der Waals surface area contributed by atoms with E-state index in [1.54, 1.807) is 6.92 Å². The van der Waals surface area contributed by atoms with Gasteiger partial charge in [-0.05, 0) is 6.92 Å². The van der Waals surface area contributed by atoms with Crippen LogP contribution in [0.4, 0.5) is 0 Å². The minimum absolute atomic E-state index is 0.113. The molecule has 0 aromatic heterocycles. The number of nitrogens with one attached hydrogen (secondary N) is 1. The Labute approximate surface area is 70.7 Å². The monoisotopic (exact) mass is 175 g/mol. The maximum atomic E-state index is 10.7. The van der Waals surface area contributed by atoms with E-state index < -0.39 is 18.7 Å². The summed E-state index contributed by atoms with van der Waals surface area (Å²) < 4.78 is 4.62. The number of rotatable bonds is 4. The molecule has 70 valence electrons. The standard InChI is InChI=1S/C7H13NO4/c1-5(3-6(10)8-2)12-7(11)4-9/h5,9H,3-4H2,1-2H3,(H,8,10). The number of esters is 1. The Kier molecular flexibility index (Phi) is 5.03. The zero-order valence-electron chi connectivity index (χ0n) is 7.16. The van der Waals surface area contributed by atoms with Crippen LogP contribution in [-0.2, 0) is 14.3 Å². The van der Waals surface area contributed by atoms with Gasteiger partial charge in [-0.2, -0.15) is 0 Å². The summed E-state index contributed by atoms with van der Waals surface area (Å²) in [6.07, 6.45) is -0.382. The van der Waals surface area contributed by atoms with Crippen molar-refractivity contribution in [3.63, 3.8) is 0 Å². The first-order valence-electron chi connectivity index (χ1n) is 3.61. The summed E-state index contributed by atoms with van der Waals surface area (Å²) in [4.78, 5) is 21.2. The van der Waals surface area contributed by atoms with E-state index in [4.69, 9.17) is 5.11 Å². The van der Waals surface area contributed by atoms with Crippen LogP contribution in [0.2, 0.25) is 0 Å². The van der Waals surface area contributed by atoms with Crippen LogP contribution in [0.5, 0.6) is 0 Å². The Bertz CT molecular complexity index is 151. The third-order valence-electron chi connectivity index (χ3n) is 1.21. The van der Waals surface area contributed by atoms with Gasteiger partial charge in [0.1, 0.15) is 12.7 Å². The number of amides is 1. The van der Waals surface area contributed by atoms with Gasteiger partial charge in [-0.3, -0.25) is 4.79 Å². The first-order chi connectivity index (χ1) is 5.60. The number of aliphatic hydroxyl groups is 1. The summed E-state index contributed by atoms with van der Waals surface area (Å²) >= 11 is 0. The van der Waals surface area contributed by atoms with Gasteiger partial charge in [0.15, 0.2) is 0 Å². The van der Waals surface area contributed by atoms with Crippen LogP contribution in [0.15, 0.2) is 0 Å². The van der Waals surface area contributed by atoms with E-state index in [2.05, 4.69) is 10.1 Å². The van der Waals surface area contributed by atoms with Crippen molar-refractivity contribution in [2.75, 3.05) is 13.7 Å². The van der Waals surface area contributed by atoms with Gasteiger partial charge in [-0.25, -0.2) is 4.79 Å². The molecule has 5 heteroatoms. The second-order valence-corrected chi connectivity index (χ2v) is 2.34. The Morgan fingerprint density at radius 2 is 2.17 bits per heavy atom.